The van der Waals surface area contributed by atoms with Crippen LogP contribution in [0.1, 0.15) is 25.7 Å². The Hall–Kier alpha value is -1.04. The summed E-state index contributed by atoms with van der Waals surface area (Å²) in [4.78, 5) is 2.56. The van der Waals surface area contributed by atoms with E-state index in [0.29, 0.717) is 12.1 Å². The third kappa shape index (κ3) is 5.02. The van der Waals surface area contributed by atoms with Gasteiger partial charge in [0.1, 0.15) is 12.4 Å². The average molecular weight is 289 g/mol. The lowest BCUT2D eigenvalue weighted by atomic mass is 9.80. The fourth-order valence-electron chi connectivity index (χ4n) is 2.62. The molecule has 2 aliphatic carbocycles. The van der Waals surface area contributed by atoms with E-state index in [4.69, 9.17) is 14.8 Å². The number of ether oxygens (including phenoxy) is 1. The summed E-state index contributed by atoms with van der Waals surface area (Å²) in [5.41, 5.74) is 0.492. The van der Waals surface area contributed by atoms with Gasteiger partial charge >= 0.3 is 7.12 Å². The SMILES string of the molecule is OB(O)c1ccc(OCCN(CC2CC2)CC2CC2)cc1. The Labute approximate surface area is 126 Å². The van der Waals surface area contributed by atoms with Gasteiger partial charge in [0.25, 0.3) is 0 Å². The third-order valence-electron chi connectivity index (χ3n) is 4.28. The second-order valence-corrected chi connectivity index (χ2v) is 6.44. The molecular weight excluding hydrogens is 265 g/mol. The van der Waals surface area contributed by atoms with Gasteiger partial charge in [0, 0.05) is 19.6 Å². The summed E-state index contributed by atoms with van der Waals surface area (Å²) in [5, 5.41) is 18.1. The Morgan fingerprint density at radius 3 is 2.05 bits per heavy atom. The smallest absolute Gasteiger partial charge is 0.488 e. The highest BCUT2D eigenvalue weighted by Gasteiger charge is 2.28. The lowest BCUT2D eigenvalue weighted by Gasteiger charge is -2.22. The van der Waals surface area contributed by atoms with Crippen LogP contribution in [0.25, 0.3) is 0 Å². The third-order valence-corrected chi connectivity index (χ3v) is 4.28. The Balaban J connectivity index is 1.42. The molecule has 0 bridgehead atoms. The monoisotopic (exact) mass is 289 g/mol. The molecule has 2 fully saturated rings. The summed E-state index contributed by atoms with van der Waals surface area (Å²) in [6.07, 6.45) is 5.58. The van der Waals surface area contributed by atoms with Crippen molar-refractivity contribution in [3.63, 3.8) is 0 Å². The van der Waals surface area contributed by atoms with E-state index >= 15 is 0 Å². The lowest BCUT2D eigenvalue weighted by Crippen LogP contribution is -2.32. The van der Waals surface area contributed by atoms with Crippen molar-refractivity contribution in [3.05, 3.63) is 24.3 Å². The molecule has 114 valence electrons. The predicted octanol–water partition coefficient (Wildman–Crippen LogP) is 0.867. The van der Waals surface area contributed by atoms with Crippen molar-refractivity contribution in [2.24, 2.45) is 11.8 Å². The molecule has 2 N–H and O–H groups in total. The largest absolute Gasteiger partial charge is 0.492 e. The van der Waals surface area contributed by atoms with Gasteiger partial charge in [-0.15, -0.1) is 0 Å². The van der Waals surface area contributed by atoms with Crippen LogP contribution in [0.4, 0.5) is 0 Å². The van der Waals surface area contributed by atoms with Crippen LogP contribution in [0.5, 0.6) is 5.75 Å². The number of rotatable bonds is 9. The minimum atomic E-state index is -1.41. The van der Waals surface area contributed by atoms with Gasteiger partial charge in [-0.25, -0.2) is 0 Å². The van der Waals surface area contributed by atoms with Gasteiger partial charge in [-0.05, 0) is 55.1 Å². The molecule has 2 aliphatic rings. The van der Waals surface area contributed by atoms with Crippen molar-refractivity contribution in [1.29, 1.82) is 0 Å². The van der Waals surface area contributed by atoms with Crippen LogP contribution in [-0.4, -0.2) is 48.3 Å². The van der Waals surface area contributed by atoms with Gasteiger partial charge in [0.05, 0.1) is 0 Å². The first-order chi connectivity index (χ1) is 10.2. The molecule has 0 spiro atoms. The molecule has 1 aromatic rings. The summed E-state index contributed by atoms with van der Waals surface area (Å²) < 4.78 is 5.77. The number of benzene rings is 1. The molecule has 0 atom stereocenters. The molecule has 0 radical (unpaired) electrons. The molecule has 21 heavy (non-hydrogen) atoms. The molecule has 3 rings (SSSR count). The van der Waals surface area contributed by atoms with E-state index in [1.54, 1.807) is 24.3 Å². The van der Waals surface area contributed by atoms with Crippen molar-refractivity contribution in [2.75, 3.05) is 26.2 Å². The maximum absolute atomic E-state index is 9.05. The van der Waals surface area contributed by atoms with E-state index in [9.17, 15) is 0 Å². The molecule has 4 nitrogen and oxygen atoms in total. The molecule has 2 saturated carbocycles. The zero-order valence-corrected chi connectivity index (χ0v) is 12.4. The van der Waals surface area contributed by atoms with Gasteiger partial charge in [0.2, 0.25) is 0 Å². The summed E-state index contributed by atoms with van der Waals surface area (Å²) in [5.74, 6) is 2.64. The molecule has 0 saturated heterocycles. The lowest BCUT2D eigenvalue weighted by molar-refractivity contribution is 0.197. The van der Waals surface area contributed by atoms with E-state index in [0.717, 1.165) is 24.1 Å². The highest BCUT2D eigenvalue weighted by atomic mass is 16.5. The van der Waals surface area contributed by atoms with Crippen LogP contribution in [0, 0.1) is 11.8 Å². The molecule has 0 unspecified atom stereocenters. The van der Waals surface area contributed by atoms with Crippen molar-refractivity contribution >= 4 is 12.6 Å². The summed E-state index contributed by atoms with van der Waals surface area (Å²) >= 11 is 0. The van der Waals surface area contributed by atoms with Crippen LogP contribution >= 0.6 is 0 Å². The van der Waals surface area contributed by atoms with Crippen LogP contribution in [-0.2, 0) is 0 Å². The molecule has 0 aromatic heterocycles. The summed E-state index contributed by atoms with van der Waals surface area (Å²) in [7, 11) is -1.41. The highest BCUT2D eigenvalue weighted by molar-refractivity contribution is 6.58. The number of nitrogens with zero attached hydrogens (tertiary/aromatic N) is 1. The minimum Gasteiger partial charge on any atom is -0.492 e. The number of hydrogen-bond donors (Lipinski definition) is 2. The van der Waals surface area contributed by atoms with Gasteiger partial charge in [-0.2, -0.15) is 0 Å². The van der Waals surface area contributed by atoms with Crippen molar-refractivity contribution in [3.8, 4) is 5.75 Å². The first-order valence-corrected chi connectivity index (χ1v) is 8.02. The molecule has 0 aliphatic heterocycles. The second-order valence-electron chi connectivity index (χ2n) is 6.44. The minimum absolute atomic E-state index is 0.492. The zero-order chi connectivity index (χ0) is 14.7. The standard InChI is InChI=1S/C16H24BNO3/c19-17(20)15-5-7-16(8-6-15)21-10-9-18(11-13-1-2-13)12-14-3-4-14/h5-8,13-14,19-20H,1-4,9-12H2. The van der Waals surface area contributed by atoms with E-state index in [1.807, 2.05) is 0 Å². The van der Waals surface area contributed by atoms with Crippen LogP contribution in [0.15, 0.2) is 24.3 Å². The average Bonchev–Trinajstić information content (AvgIpc) is 3.35. The molecule has 0 heterocycles. The first-order valence-electron chi connectivity index (χ1n) is 8.02. The van der Waals surface area contributed by atoms with Crippen LogP contribution in [0.3, 0.4) is 0 Å². The Bertz CT molecular complexity index is 429. The van der Waals surface area contributed by atoms with Gasteiger partial charge in [-0.3, -0.25) is 4.90 Å². The summed E-state index contributed by atoms with van der Waals surface area (Å²) in [6.45, 7) is 4.14. The molecule has 0 amide bonds. The predicted molar refractivity (Wildman–Crippen MR) is 83.7 cm³/mol. The Morgan fingerprint density at radius 1 is 1.00 bits per heavy atom. The van der Waals surface area contributed by atoms with E-state index in [1.165, 1.54) is 38.8 Å². The van der Waals surface area contributed by atoms with Gasteiger partial charge < -0.3 is 14.8 Å². The van der Waals surface area contributed by atoms with Crippen molar-refractivity contribution in [2.45, 2.75) is 25.7 Å². The molecule has 1 aromatic carbocycles. The number of hydrogen-bond acceptors (Lipinski definition) is 4. The van der Waals surface area contributed by atoms with E-state index in [2.05, 4.69) is 4.90 Å². The first kappa shape index (κ1) is 14.9. The second kappa shape index (κ2) is 6.82. The fourth-order valence-corrected chi connectivity index (χ4v) is 2.62. The highest BCUT2D eigenvalue weighted by Crippen LogP contribution is 2.33. The van der Waals surface area contributed by atoms with Gasteiger partial charge in [0.15, 0.2) is 0 Å². The fraction of sp³-hybridized carbons (Fsp3) is 0.625. The molecular formula is C16H24BNO3. The topological polar surface area (TPSA) is 52.9 Å². The Morgan fingerprint density at radius 2 is 1.57 bits per heavy atom. The summed E-state index contributed by atoms with van der Waals surface area (Å²) in [6, 6.07) is 6.96. The van der Waals surface area contributed by atoms with E-state index in [-0.39, 0.29) is 0 Å². The quantitative estimate of drug-likeness (QED) is 0.662. The van der Waals surface area contributed by atoms with Crippen molar-refractivity contribution < 1.29 is 14.8 Å². The van der Waals surface area contributed by atoms with Crippen molar-refractivity contribution in [1.82, 2.24) is 4.90 Å². The van der Waals surface area contributed by atoms with Crippen LogP contribution < -0.4 is 10.2 Å². The maximum Gasteiger partial charge on any atom is 0.488 e. The normalized spacial score (nSPS) is 18.0. The van der Waals surface area contributed by atoms with Crippen LogP contribution in [0.2, 0.25) is 0 Å². The Kier molecular flexibility index (Phi) is 4.83. The van der Waals surface area contributed by atoms with E-state index < -0.39 is 7.12 Å². The molecule has 5 heteroatoms. The zero-order valence-electron chi connectivity index (χ0n) is 12.4. The maximum atomic E-state index is 9.05. The van der Waals surface area contributed by atoms with Gasteiger partial charge in [-0.1, -0.05) is 12.1 Å².